The molecular weight excluding hydrogens is 236 g/mol. The molecule has 19 heavy (non-hydrogen) atoms. The van der Waals surface area contributed by atoms with E-state index < -0.39 is 0 Å². The molecule has 0 aliphatic rings. The van der Waals surface area contributed by atoms with Gasteiger partial charge in [-0.05, 0) is 50.3 Å². The van der Waals surface area contributed by atoms with Crippen molar-refractivity contribution < 1.29 is 9.84 Å². The molecule has 2 heteroatoms. The maximum atomic E-state index is 9.43. The molecule has 2 rings (SSSR count). The highest BCUT2D eigenvalue weighted by Crippen LogP contribution is 2.32. The molecule has 0 aromatic heterocycles. The lowest BCUT2D eigenvalue weighted by atomic mass is 10.0. The van der Waals surface area contributed by atoms with Crippen LogP contribution in [0.15, 0.2) is 30.3 Å². The standard InChI is InChI=1S/C17H22O2/c1-11-8-9-16(19-14(4)10-13(3)18)17-12(2)6-5-7-15(11)17/h5-9,13-14,18H,10H2,1-4H3/t13-,14+/m1/s1. The summed E-state index contributed by atoms with van der Waals surface area (Å²) >= 11 is 0. The number of benzene rings is 2. The monoisotopic (exact) mass is 258 g/mol. The first-order chi connectivity index (χ1) is 8.99. The lowest BCUT2D eigenvalue weighted by Gasteiger charge is -2.19. The first kappa shape index (κ1) is 13.9. The third-order valence-corrected chi connectivity index (χ3v) is 3.43. The van der Waals surface area contributed by atoms with E-state index in [1.54, 1.807) is 6.92 Å². The average Bonchev–Trinajstić information content (AvgIpc) is 2.32. The van der Waals surface area contributed by atoms with Gasteiger partial charge in [0, 0.05) is 11.8 Å². The Morgan fingerprint density at radius 2 is 1.79 bits per heavy atom. The number of hydrogen-bond acceptors (Lipinski definition) is 2. The minimum absolute atomic E-state index is 0.00510. The van der Waals surface area contributed by atoms with Gasteiger partial charge in [-0.1, -0.05) is 24.3 Å². The van der Waals surface area contributed by atoms with Crippen LogP contribution in [0.4, 0.5) is 0 Å². The van der Waals surface area contributed by atoms with Crippen molar-refractivity contribution in [1.29, 1.82) is 0 Å². The fourth-order valence-corrected chi connectivity index (χ4v) is 2.54. The fraction of sp³-hybridized carbons (Fsp3) is 0.412. The molecule has 2 aromatic carbocycles. The predicted octanol–water partition coefficient (Wildman–Crippen LogP) is 3.99. The quantitative estimate of drug-likeness (QED) is 0.898. The summed E-state index contributed by atoms with van der Waals surface area (Å²) in [4.78, 5) is 0. The smallest absolute Gasteiger partial charge is 0.127 e. The average molecular weight is 258 g/mol. The lowest BCUT2D eigenvalue weighted by molar-refractivity contribution is 0.116. The van der Waals surface area contributed by atoms with Gasteiger partial charge in [-0.25, -0.2) is 0 Å². The molecule has 1 N–H and O–H groups in total. The molecular formula is C17H22O2. The van der Waals surface area contributed by atoms with Gasteiger partial charge in [0.2, 0.25) is 0 Å². The Morgan fingerprint density at radius 3 is 2.47 bits per heavy atom. The van der Waals surface area contributed by atoms with Crippen LogP contribution in [0.3, 0.4) is 0 Å². The zero-order valence-electron chi connectivity index (χ0n) is 12.1. The summed E-state index contributed by atoms with van der Waals surface area (Å²) in [6.07, 6.45) is 0.305. The highest BCUT2D eigenvalue weighted by atomic mass is 16.5. The molecule has 2 aromatic rings. The van der Waals surface area contributed by atoms with Crippen molar-refractivity contribution in [1.82, 2.24) is 0 Å². The van der Waals surface area contributed by atoms with Crippen molar-refractivity contribution in [2.75, 3.05) is 0 Å². The molecule has 0 unspecified atom stereocenters. The van der Waals surface area contributed by atoms with Gasteiger partial charge in [0.15, 0.2) is 0 Å². The van der Waals surface area contributed by atoms with Gasteiger partial charge in [-0.15, -0.1) is 0 Å². The van der Waals surface area contributed by atoms with E-state index in [-0.39, 0.29) is 12.2 Å². The van der Waals surface area contributed by atoms with E-state index in [9.17, 15) is 5.11 Å². The molecule has 0 radical (unpaired) electrons. The molecule has 0 aliphatic heterocycles. The van der Waals surface area contributed by atoms with Crippen LogP contribution in [0.1, 0.15) is 31.4 Å². The zero-order chi connectivity index (χ0) is 14.0. The summed E-state index contributed by atoms with van der Waals surface area (Å²) in [5.41, 5.74) is 2.48. The molecule has 0 heterocycles. The van der Waals surface area contributed by atoms with E-state index in [4.69, 9.17) is 4.74 Å². The van der Waals surface area contributed by atoms with Crippen LogP contribution in [0.2, 0.25) is 0 Å². The number of aryl methyl sites for hydroxylation is 2. The summed E-state index contributed by atoms with van der Waals surface area (Å²) in [7, 11) is 0. The van der Waals surface area contributed by atoms with Crippen LogP contribution < -0.4 is 4.74 Å². The lowest BCUT2D eigenvalue weighted by Crippen LogP contribution is -2.18. The van der Waals surface area contributed by atoms with Gasteiger partial charge in [0.1, 0.15) is 5.75 Å². The Morgan fingerprint density at radius 1 is 1.05 bits per heavy atom. The second-order valence-corrected chi connectivity index (χ2v) is 5.39. The normalized spacial score (nSPS) is 14.4. The van der Waals surface area contributed by atoms with E-state index in [1.807, 2.05) is 13.0 Å². The van der Waals surface area contributed by atoms with Crippen molar-refractivity contribution in [3.8, 4) is 5.75 Å². The third kappa shape index (κ3) is 3.07. The van der Waals surface area contributed by atoms with Gasteiger partial charge in [0.25, 0.3) is 0 Å². The number of fused-ring (bicyclic) bond motifs is 1. The molecule has 0 fully saturated rings. The Balaban J connectivity index is 2.41. The van der Waals surface area contributed by atoms with E-state index >= 15 is 0 Å². The van der Waals surface area contributed by atoms with Crippen molar-refractivity contribution in [3.63, 3.8) is 0 Å². The minimum atomic E-state index is -0.340. The minimum Gasteiger partial charge on any atom is -0.490 e. The molecule has 0 aliphatic carbocycles. The number of aliphatic hydroxyl groups excluding tert-OH is 1. The molecule has 0 amide bonds. The summed E-state index contributed by atoms with van der Waals surface area (Å²) in [5.74, 6) is 0.909. The number of ether oxygens (including phenoxy) is 1. The highest BCUT2D eigenvalue weighted by molar-refractivity contribution is 5.93. The third-order valence-electron chi connectivity index (χ3n) is 3.43. The Kier molecular flexibility index (Phi) is 4.11. The summed E-state index contributed by atoms with van der Waals surface area (Å²) in [6, 6.07) is 10.4. The molecule has 102 valence electrons. The van der Waals surface area contributed by atoms with Crippen LogP contribution in [0.25, 0.3) is 10.8 Å². The summed E-state index contributed by atoms with van der Waals surface area (Å²) in [6.45, 7) is 8.01. The van der Waals surface area contributed by atoms with Gasteiger partial charge >= 0.3 is 0 Å². The number of rotatable bonds is 4. The predicted molar refractivity (Wildman–Crippen MR) is 79.8 cm³/mol. The number of hydrogen-bond donors (Lipinski definition) is 1. The van der Waals surface area contributed by atoms with E-state index in [2.05, 4.69) is 38.1 Å². The second-order valence-electron chi connectivity index (χ2n) is 5.39. The maximum Gasteiger partial charge on any atom is 0.127 e. The molecule has 0 saturated heterocycles. The van der Waals surface area contributed by atoms with Crippen molar-refractivity contribution in [2.24, 2.45) is 0 Å². The second kappa shape index (κ2) is 5.62. The Labute approximate surface area is 115 Å². The molecule has 2 nitrogen and oxygen atoms in total. The highest BCUT2D eigenvalue weighted by Gasteiger charge is 2.12. The van der Waals surface area contributed by atoms with Gasteiger partial charge in [-0.3, -0.25) is 0 Å². The molecule has 0 saturated carbocycles. The van der Waals surface area contributed by atoms with Crippen molar-refractivity contribution in [2.45, 2.75) is 46.3 Å². The van der Waals surface area contributed by atoms with Crippen LogP contribution in [-0.4, -0.2) is 17.3 Å². The van der Waals surface area contributed by atoms with E-state index in [0.717, 1.165) is 5.75 Å². The van der Waals surface area contributed by atoms with Crippen LogP contribution in [0.5, 0.6) is 5.75 Å². The van der Waals surface area contributed by atoms with Crippen LogP contribution in [0, 0.1) is 13.8 Å². The van der Waals surface area contributed by atoms with Crippen molar-refractivity contribution in [3.05, 3.63) is 41.5 Å². The van der Waals surface area contributed by atoms with Crippen LogP contribution in [-0.2, 0) is 0 Å². The van der Waals surface area contributed by atoms with Crippen molar-refractivity contribution >= 4 is 10.8 Å². The Hall–Kier alpha value is -1.54. The van der Waals surface area contributed by atoms with Crippen LogP contribution >= 0.6 is 0 Å². The molecule has 0 spiro atoms. The molecule has 2 atom stereocenters. The molecule has 0 bridgehead atoms. The Bertz CT molecular complexity index is 573. The number of aliphatic hydroxyl groups is 1. The summed E-state index contributed by atoms with van der Waals surface area (Å²) < 4.78 is 6.01. The fourth-order valence-electron chi connectivity index (χ4n) is 2.54. The first-order valence-corrected chi connectivity index (χ1v) is 6.82. The first-order valence-electron chi connectivity index (χ1n) is 6.82. The largest absolute Gasteiger partial charge is 0.490 e. The maximum absolute atomic E-state index is 9.43. The van der Waals surface area contributed by atoms with E-state index in [0.29, 0.717) is 6.42 Å². The van der Waals surface area contributed by atoms with E-state index in [1.165, 1.54) is 21.9 Å². The SMILES string of the molecule is Cc1ccc(O[C@@H](C)C[C@@H](C)O)c2c(C)cccc12. The van der Waals surface area contributed by atoms with Gasteiger partial charge < -0.3 is 9.84 Å². The van der Waals surface area contributed by atoms with Gasteiger partial charge in [-0.2, -0.15) is 0 Å². The summed E-state index contributed by atoms with van der Waals surface area (Å²) in [5, 5.41) is 11.9. The van der Waals surface area contributed by atoms with Gasteiger partial charge in [0.05, 0.1) is 12.2 Å². The topological polar surface area (TPSA) is 29.5 Å². The zero-order valence-corrected chi connectivity index (χ0v) is 12.1.